The van der Waals surface area contributed by atoms with E-state index >= 15 is 0 Å². The van der Waals surface area contributed by atoms with Crippen LogP contribution >= 0.6 is 0 Å². The van der Waals surface area contributed by atoms with E-state index in [-0.39, 0.29) is 0 Å². The van der Waals surface area contributed by atoms with E-state index in [4.69, 9.17) is 47.4 Å². The summed E-state index contributed by atoms with van der Waals surface area (Å²) in [6.45, 7) is 6.11. The predicted octanol–water partition coefficient (Wildman–Crippen LogP) is -1.40. The Bertz CT molecular complexity index is 1090. The fraction of sp³-hybridized carbons (Fsp3) is 0.731. The second-order valence-electron chi connectivity index (χ2n) is 9.68. The van der Waals surface area contributed by atoms with Crippen LogP contribution in [0.4, 0.5) is 0 Å². The Morgan fingerprint density at radius 1 is 0.477 bits per heavy atom. The fourth-order valence-electron chi connectivity index (χ4n) is 4.49. The van der Waals surface area contributed by atoms with Gasteiger partial charge in [0.25, 0.3) is 0 Å². The van der Waals surface area contributed by atoms with Crippen LogP contribution in [0.1, 0.15) is 48.5 Å². The van der Waals surface area contributed by atoms with Crippen LogP contribution in [0.5, 0.6) is 0 Å². The molecule has 2 saturated heterocycles. The summed E-state index contributed by atoms with van der Waals surface area (Å²) in [6.07, 6.45) is -16.3. The summed E-state index contributed by atoms with van der Waals surface area (Å²) >= 11 is 0. The molecule has 248 valence electrons. The van der Waals surface area contributed by atoms with Crippen molar-refractivity contribution in [2.75, 3.05) is 13.2 Å². The van der Waals surface area contributed by atoms with E-state index in [1.54, 1.807) is 0 Å². The van der Waals surface area contributed by atoms with Crippen molar-refractivity contribution in [3.63, 3.8) is 0 Å². The molecule has 1 N–H and O–H groups in total. The number of esters is 7. The minimum atomic E-state index is -1.90. The summed E-state index contributed by atoms with van der Waals surface area (Å²) in [5.74, 6) is -6.03. The zero-order valence-corrected chi connectivity index (χ0v) is 25.1. The molecule has 0 unspecified atom stereocenters. The molecule has 10 atom stereocenters. The third kappa shape index (κ3) is 10.7. The van der Waals surface area contributed by atoms with E-state index in [1.165, 1.54) is 0 Å². The summed E-state index contributed by atoms with van der Waals surface area (Å²) in [7, 11) is 0. The van der Waals surface area contributed by atoms with E-state index in [2.05, 4.69) is 0 Å². The Morgan fingerprint density at radius 3 is 1.27 bits per heavy atom. The van der Waals surface area contributed by atoms with E-state index in [0.717, 1.165) is 48.5 Å². The topological polar surface area (TPSA) is 232 Å². The maximum atomic E-state index is 12.2. The van der Waals surface area contributed by atoms with Crippen molar-refractivity contribution in [2.24, 2.45) is 0 Å². The van der Waals surface area contributed by atoms with Gasteiger partial charge < -0.3 is 52.5 Å². The molecular formula is C26H36O18. The summed E-state index contributed by atoms with van der Waals surface area (Å²) in [5, 5.41) is 10.6. The normalized spacial score (nSPS) is 31.5. The number of hydrogen-bond donors (Lipinski definition) is 1. The first kappa shape index (κ1) is 36.3. The van der Waals surface area contributed by atoms with Crippen LogP contribution in [0.25, 0.3) is 0 Å². The Kier molecular flexibility index (Phi) is 13.4. The first-order valence-corrected chi connectivity index (χ1v) is 13.3. The molecule has 2 rings (SSSR count). The van der Waals surface area contributed by atoms with Crippen LogP contribution in [0, 0.1) is 0 Å². The highest BCUT2D eigenvalue weighted by molar-refractivity contribution is 5.69. The number of ether oxygens (including phenoxy) is 10. The second kappa shape index (κ2) is 16.3. The van der Waals surface area contributed by atoms with Crippen molar-refractivity contribution in [1.29, 1.82) is 0 Å². The first-order valence-electron chi connectivity index (χ1n) is 13.3. The lowest BCUT2D eigenvalue weighted by molar-refractivity contribution is -0.357. The average molecular weight is 637 g/mol. The number of carbonyl (C=O) groups is 7. The number of aliphatic hydroxyl groups is 1. The molecule has 0 radical (unpaired) electrons. The molecule has 2 aliphatic rings. The second-order valence-corrected chi connectivity index (χ2v) is 9.68. The van der Waals surface area contributed by atoms with Crippen molar-refractivity contribution >= 4 is 41.8 Å². The van der Waals surface area contributed by atoms with Gasteiger partial charge in [0.15, 0.2) is 43.1 Å². The SMILES string of the molecule is CC(=O)OC[C@H]1O[C@H](O[C@H]2[C@H](OC(C)=O)[C@H](OC(C)=O)[C@@H](O)O[C@@H]2COC(C)=O)[C@@H](OC(C)=O)[C@@H](OC(C)=O)[C@@H]1OC(C)=O. The minimum absolute atomic E-state index is 0.572. The Hall–Kier alpha value is -3.87. The molecule has 2 heterocycles. The molecule has 18 heteroatoms. The monoisotopic (exact) mass is 636 g/mol. The molecule has 0 amide bonds. The van der Waals surface area contributed by atoms with E-state index < -0.39 is 116 Å². The third-order valence-corrected chi connectivity index (χ3v) is 5.90. The van der Waals surface area contributed by atoms with Gasteiger partial charge in [0.05, 0.1) is 0 Å². The average Bonchev–Trinajstić information content (AvgIpc) is 2.87. The van der Waals surface area contributed by atoms with Gasteiger partial charge in [0, 0.05) is 48.5 Å². The van der Waals surface area contributed by atoms with Crippen LogP contribution in [0.2, 0.25) is 0 Å². The van der Waals surface area contributed by atoms with Gasteiger partial charge in [-0.05, 0) is 0 Å². The van der Waals surface area contributed by atoms with Crippen molar-refractivity contribution in [3.8, 4) is 0 Å². The molecular weight excluding hydrogens is 600 g/mol. The largest absolute Gasteiger partial charge is 0.463 e. The maximum absolute atomic E-state index is 12.2. The van der Waals surface area contributed by atoms with Gasteiger partial charge in [-0.15, -0.1) is 0 Å². The zero-order chi connectivity index (χ0) is 33.3. The van der Waals surface area contributed by atoms with Gasteiger partial charge in [0.2, 0.25) is 0 Å². The van der Waals surface area contributed by atoms with Gasteiger partial charge in [-0.25, -0.2) is 0 Å². The van der Waals surface area contributed by atoms with Crippen LogP contribution in [0.15, 0.2) is 0 Å². The third-order valence-electron chi connectivity index (χ3n) is 5.90. The molecule has 44 heavy (non-hydrogen) atoms. The quantitative estimate of drug-likeness (QED) is 0.203. The first-order chi connectivity index (χ1) is 20.5. The fourth-order valence-corrected chi connectivity index (χ4v) is 4.49. The molecule has 18 nitrogen and oxygen atoms in total. The molecule has 0 bridgehead atoms. The lowest BCUT2D eigenvalue weighted by Gasteiger charge is -2.48. The van der Waals surface area contributed by atoms with E-state index in [9.17, 15) is 38.7 Å². The van der Waals surface area contributed by atoms with Crippen molar-refractivity contribution < 1.29 is 86.0 Å². The van der Waals surface area contributed by atoms with Gasteiger partial charge in [-0.3, -0.25) is 33.6 Å². The lowest BCUT2D eigenvalue weighted by Crippen LogP contribution is -2.67. The van der Waals surface area contributed by atoms with Gasteiger partial charge in [-0.1, -0.05) is 0 Å². The van der Waals surface area contributed by atoms with Crippen LogP contribution < -0.4 is 0 Å². The summed E-state index contributed by atoms with van der Waals surface area (Å²) in [5.41, 5.74) is 0. The van der Waals surface area contributed by atoms with Crippen LogP contribution in [0.3, 0.4) is 0 Å². The lowest BCUT2D eigenvalue weighted by atomic mass is 9.96. The van der Waals surface area contributed by atoms with Gasteiger partial charge >= 0.3 is 41.8 Å². The van der Waals surface area contributed by atoms with Gasteiger partial charge in [-0.2, -0.15) is 0 Å². The van der Waals surface area contributed by atoms with Crippen molar-refractivity contribution in [2.45, 2.75) is 110 Å². The number of hydrogen-bond acceptors (Lipinski definition) is 18. The molecule has 2 fully saturated rings. The zero-order valence-electron chi connectivity index (χ0n) is 25.1. The maximum Gasteiger partial charge on any atom is 0.303 e. The van der Waals surface area contributed by atoms with Crippen LogP contribution in [-0.4, -0.2) is 122 Å². The Morgan fingerprint density at radius 2 is 0.841 bits per heavy atom. The highest BCUT2D eigenvalue weighted by atomic mass is 16.8. The molecule has 0 aromatic rings. The number of carbonyl (C=O) groups excluding carboxylic acids is 7. The standard InChI is InChI=1S/C26H36O18/c1-10(27)35-8-17-20(21(38-13(4)30)23(25(34)42-17)40-15(6)32)44-26-24(41-16(7)33)22(39-14(5)31)19(37-12(3)29)18(43-26)9-36-11(2)28/h17-26,34H,8-9H2,1-7H3/t17-,18-,19-,20-,21+,22+,23+,24+,25+,26-/m1/s1. The molecule has 0 aliphatic carbocycles. The smallest absolute Gasteiger partial charge is 0.303 e. The number of rotatable bonds is 11. The highest BCUT2D eigenvalue weighted by Crippen LogP contribution is 2.34. The molecule has 0 aromatic carbocycles. The van der Waals surface area contributed by atoms with Gasteiger partial charge in [0.1, 0.15) is 31.5 Å². The minimum Gasteiger partial charge on any atom is -0.463 e. The Balaban J connectivity index is 2.66. The molecule has 2 aliphatic heterocycles. The van der Waals surface area contributed by atoms with E-state index in [1.807, 2.05) is 0 Å². The molecule has 0 spiro atoms. The van der Waals surface area contributed by atoms with Crippen LogP contribution in [-0.2, 0) is 80.9 Å². The summed E-state index contributed by atoms with van der Waals surface area (Å²) in [4.78, 5) is 83.5. The number of aliphatic hydroxyl groups excluding tert-OH is 1. The predicted molar refractivity (Wildman–Crippen MR) is 135 cm³/mol. The van der Waals surface area contributed by atoms with Crippen molar-refractivity contribution in [3.05, 3.63) is 0 Å². The molecule has 0 aromatic heterocycles. The summed E-state index contributed by atoms with van der Waals surface area (Å²) in [6, 6.07) is 0. The summed E-state index contributed by atoms with van der Waals surface area (Å²) < 4.78 is 54.1. The molecule has 0 saturated carbocycles. The van der Waals surface area contributed by atoms with E-state index in [0.29, 0.717) is 0 Å². The van der Waals surface area contributed by atoms with Crippen molar-refractivity contribution in [1.82, 2.24) is 0 Å². The highest BCUT2D eigenvalue weighted by Gasteiger charge is 2.57. The Labute approximate surface area is 251 Å².